The van der Waals surface area contributed by atoms with Crippen LogP contribution in [0.25, 0.3) is 0 Å². The molecule has 0 radical (unpaired) electrons. The Morgan fingerprint density at radius 2 is 1.63 bits per heavy atom. The number of benzene rings is 2. The van der Waals surface area contributed by atoms with Crippen molar-refractivity contribution >= 4 is 47.1 Å². The van der Waals surface area contributed by atoms with Crippen LogP contribution in [0.15, 0.2) is 60.9 Å². The zero-order chi connectivity index (χ0) is 34.2. The maximum Gasteiger partial charge on any atom is 0.337 e. The molecule has 2 unspecified atom stereocenters. The molecule has 6 N–H and O–H groups in total. The van der Waals surface area contributed by atoms with Gasteiger partial charge < -0.3 is 36.2 Å². The van der Waals surface area contributed by atoms with Gasteiger partial charge in [-0.15, -0.1) is 0 Å². The molecule has 0 fully saturated rings. The van der Waals surface area contributed by atoms with E-state index in [1.165, 1.54) is 24.8 Å². The van der Waals surface area contributed by atoms with Crippen molar-refractivity contribution in [1.29, 1.82) is 0 Å². The summed E-state index contributed by atoms with van der Waals surface area (Å²) < 4.78 is 0. The van der Waals surface area contributed by atoms with Crippen LogP contribution in [-0.4, -0.2) is 88.2 Å². The van der Waals surface area contributed by atoms with Crippen LogP contribution in [0.4, 0.5) is 5.69 Å². The molecule has 0 spiro atoms. The average molecular weight is 657 g/mol. The highest BCUT2D eigenvalue weighted by Gasteiger charge is 2.28. The van der Waals surface area contributed by atoms with Gasteiger partial charge in [0.2, 0.25) is 17.7 Å². The lowest BCUT2D eigenvalue weighted by Gasteiger charge is -2.35. The van der Waals surface area contributed by atoms with E-state index >= 15 is 0 Å². The number of carboxylic acids is 2. The van der Waals surface area contributed by atoms with Gasteiger partial charge in [0.1, 0.15) is 17.8 Å². The number of nitrogens with zero attached hydrogens (tertiary/aromatic N) is 1. The maximum absolute atomic E-state index is 13.5. The Bertz CT molecular complexity index is 1380. The minimum absolute atomic E-state index is 0.0472. The van der Waals surface area contributed by atoms with E-state index in [2.05, 4.69) is 22.5 Å². The standard InChI is InChI=1S/C33H44N4O8S/c1-5-23-9-8-10-24(17-23)18-28(35-22(3)39)31(41)34-19-25(13-14-30(40)36-27(33(44)45)15-16-46-4)37(20-21(2)38)29-12-7-6-11-26(29)32(42)43/h6-12,17,25,27-28,38H,2,5,13-16,18-20H2,1,3-4H3,(H,34,41)(H,35,39)(H,36,40)(H,42,43)(H,44,45)/t25?,27-,28?/m0/s1. The van der Waals surface area contributed by atoms with Gasteiger partial charge in [-0.2, -0.15) is 11.8 Å². The Morgan fingerprint density at radius 1 is 0.935 bits per heavy atom. The lowest BCUT2D eigenvalue weighted by atomic mass is 10.0. The van der Waals surface area contributed by atoms with Crippen LogP contribution in [0.5, 0.6) is 0 Å². The molecular weight excluding hydrogens is 612 g/mol. The molecule has 3 atom stereocenters. The largest absolute Gasteiger partial charge is 0.511 e. The molecule has 12 nitrogen and oxygen atoms in total. The van der Waals surface area contributed by atoms with Crippen LogP contribution in [0.1, 0.15) is 54.6 Å². The third-order valence-corrected chi connectivity index (χ3v) is 7.88. The van der Waals surface area contributed by atoms with Crippen molar-refractivity contribution in [2.75, 3.05) is 30.0 Å². The second-order valence-electron chi connectivity index (χ2n) is 10.8. The number of thioether (sulfide) groups is 1. The molecule has 2 rings (SSSR count). The molecule has 0 saturated heterocycles. The normalized spacial score (nSPS) is 12.7. The molecule has 250 valence electrons. The molecule has 0 aliphatic rings. The SMILES string of the molecule is C=C(O)CN(c1ccccc1C(=O)O)C(CCC(=O)N[C@@H](CCSC)C(=O)O)CNC(=O)C(Cc1cccc(CC)c1)NC(C)=O. The third-order valence-electron chi connectivity index (χ3n) is 7.23. The topological polar surface area (TPSA) is 185 Å². The molecule has 46 heavy (non-hydrogen) atoms. The Morgan fingerprint density at radius 3 is 2.24 bits per heavy atom. The number of para-hydroxylation sites is 1. The number of rotatable bonds is 20. The number of aliphatic carboxylic acids is 1. The van der Waals surface area contributed by atoms with Crippen molar-refractivity contribution in [3.8, 4) is 0 Å². The Balaban J connectivity index is 2.38. The fraction of sp³-hybridized carbons (Fsp3) is 0.424. The summed E-state index contributed by atoms with van der Waals surface area (Å²) in [4.78, 5) is 63.8. The van der Waals surface area contributed by atoms with Crippen LogP contribution in [-0.2, 0) is 32.0 Å². The Kier molecular flexibility index (Phi) is 15.6. The second-order valence-corrected chi connectivity index (χ2v) is 11.8. The smallest absolute Gasteiger partial charge is 0.337 e. The summed E-state index contributed by atoms with van der Waals surface area (Å²) in [6.45, 7) is 6.57. The fourth-order valence-corrected chi connectivity index (χ4v) is 5.42. The summed E-state index contributed by atoms with van der Waals surface area (Å²) in [7, 11) is 0. The van der Waals surface area contributed by atoms with E-state index in [0.29, 0.717) is 5.75 Å². The number of aliphatic hydroxyl groups excluding tert-OH is 1. The summed E-state index contributed by atoms with van der Waals surface area (Å²) in [5.74, 6) is -3.56. The highest BCUT2D eigenvalue weighted by molar-refractivity contribution is 7.98. The minimum atomic E-state index is -1.22. The lowest BCUT2D eigenvalue weighted by molar-refractivity contribution is -0.141. The predicted octanol–water partition coefficient (Wildman–Crippen LogP) is 3.16. The molecule has 0 aromatic heterocycles. The molecular formula is C33H44N4O8S. The number of anilines is 1. The van der Waals surface area contributed by atoms with Crippen LogP contribution < -0.4 is 20.9 Å². The van der Waals surface area contributed by atoms with E-state index in [-0.39, 0.29) is 55.8 Å². The van der Waals surface area contributed by atoms with Gasteiger partial charge in [0.05, 0.1) is 17.8 Å². The minimum Gasteiger partial charge on any atom is -0.511 e. The number of aryl methyl sites for hydroxylation is 1. The highest BCUT2D eigenvalue weighted by Crippen LogP contribution is 2.25. The van der Waals surface area contributed by atoms with E-state index in [4.69, 9.17) is 0 Å². The number of nitrogens with one attached hydrogen (secondary N) is 3. The Hall–Kier alpha value is -4.52. The van der Waals surface area contributed by atoms with Crippen molar-refractivity contribution < 1.29 is 39.3 Å². The summed E-state index contributed by atoms with van der Waals surface area (Å²) in [5.41, 5.74) is 2.08. The van der Waals surface area contributed by atoms with Gasteiger partial charge in [-0.3, -0.25) is 14.4 Å². The lowest BCUT2D eigenvalue weighted by Crippen LogP contribution is -2.52. The van der Waals surface area contributed by atoms with Crippen LogP contribution in [0, 0.1) is 0 Å². The number of hydrogen-bond donors (Lipinski definition) is 6. The quantitative estimate of drug-likeness (QED) is 0.116. The maximum atomic E-state index is 13.5. The number of carbonyl (C=O) groups excluding carboxylic acids is 3. The summed E-state index contributed by atoms with van der Waals surface area (Å²) in [5, 5.41) is 37.7. The predicted molar refractivity (Wildman–Crippen MR) is 178 cm³/mol. The van der Waals surface area contributed by atoms with Gasteiger partial charge in [-0.05, 0) is 54.5 Å². The monoisotopic (exact) mass is 656 g/mol. The number of aliphatic hydroxyl groups is 1. The molecule has 2 aromatic carbocycles. The first-order chi connectivity index (χ1) is 21.9. The van der Waals surface area contributed by atoms with E-state index < -0.39 is 47.8 Å². The average Bonchev–Trinajstić information content (AvgIpc) is 3.01. The van der Waals surface area contributed by atoms with Gasteiger partial charge in [0.25, 0.3) is 0 Å². The third kappa shape index (κ3) is 12.5. The molecule has 0 aliphatic carbocycles. The van der Waals surface area contributed by atoms with Crippen molar-refractivity contribution in [2.45, 2.75) is 64.1 Å². The fourth-order valence-electron chi connectivity index (χ4n) is 4.95. The summed E-state index contributed by atoms with van der Waals surface area (Å²) in [6.07, 6.45) is 2.97. The van der Waals surface area contributed by atoms with Crippen molar-refractivity contribution in [2.24, 2.45) is 0 Å². The number of amides is 3. The van der Waals surface area contributed by atoms with E-state index in [9.17, 15) is 39.3 Å². The first kappa shape index (κ1) is 37.7. The van der Waals surface area contributed by atoms with Crippen molar-refractivity contribution in [1.82, 2.24) is 16.0 Å². The van der Waals surface area contributed by atoms with Crippen LogP contribution in [0.3, 0.4) is 0 Å². The van der Waals surface area contributed by atoms with Crippen LogP contribution in [0.2, 0.25) is 0 Å². The summed E-state index contributed by atoms with van der Waals surface area (Å²) in [6, 6.07) is 11.0. The molecule has 13 heteroatoms. The number of carboxylic acid groups (broad SMARTS) is 2. The first-order valence-corrected chi connectivity index (χ1v) is 16.3. The summed E-state index contributed by atoms with van der Waals surface area (Å²) >= 11 is 1.45. The molecule has 0 bridgehead atoms. The van der Waals surface area contributed by atoms with Gasteiger partial charge in [0.15, 0.2) is 0 Å². The molecule has 3 amide bonds. The van der Waals surface area contributed by atoms with Crippen molar-refractivity contribution in [3.63, 3.8) is 0 Å². The van der Waals surface area contributed by atoms with E-state index in [0.717, 1.165) is 17.5 Å². The van der Waals surface area contributed by atoms with Gasteiger partial charge in [-0.1, -0.05) is 49.9 Å². The Labute approximate surface area is 273 Å². The number of hydrogen-bond acceptors (Lipinski definition) is 8. The molecule has 0 aliphatic heterocycles. The van der Waals surface area contributed by atoms with Gasteiger partial charge in [0, 0.05) is 32.4 Å². The second kappa shape index (κ2) is 19.1. The molecule has 0 heterocycles. The molecule has 2 aromatic rings. The van der Waals surface area contributed by atoms with Crippen LogP contribution >= 0.6 is 11.8 Å². The van der Waals surface area contributed by atoms with Gasteiger partial charge >= 0.3 is 11.9 Å². The zero-order valence-corrected chi connectivity index (χ0v) is 27.3. The zero-order valence-electron chi connectivity index (χ0n) is 26.5. The van der Waals surface area contributed by atoms with E-state index in [1.807, 2.05) is 37.4 Å². The molecule has 0 saturated carbocycles. The van der Waals surface area contributed by atoms with E-state index in [1.54, 1.807) is 23.1 Å². The van der Waals surface area contributed by atoms with Gasteiger partial charge in [-0.25, -0.2) is 9.59 Å². The number of aromatic carboxylic acids is 1. The van der Waals surface area contributed by atoms with Crippen molar-refractivity contribution in [3.05, 3.63) is 77.6 Å². The highest BCUT2D eigenvalue weighted by atomic mass is 32.2. The number of carbonyl (C=O) groups is 5. The first-order valence-electron chi connectivity index (χ1n) is 15.0.